The summed E-state index contributed by atoms with van der Waals surface area (Å²) in [6.07, 6.45) is 0. The molecule has 130 valence electrons. The number of hydrogen-bond acceptors (Lipinski definition) is 2. The lowest BCUT2D eigenvalue weighted by molar-refractivity contribution is 0.0362. The Morgan fingerprint density at radius 3 is 1.64 bits per heavy atom. The first-order chi connectivity index (χ1) is 9.59. The van der Waals surface area contributed by atoms with Crippen LogP contribution in [0.25, 0.3) is 0 Å². The molecule has 2 heterocycles. The Morgan fingerprint density at radius 2 is 1.32 bits per heavy atom. The molecule has 1 unspecified atom stereocenters. The molecule has 0 aromatic heterocycles. The molecule has 0 N–H and O–H groups in total. The van der Waals surface area contributed by atoms with Crippen molar-refractivity contribution in [2.45, 2.75) is 80.3 Å². The van der Waals surface area contributed by atoms with Crippen molar-refractivity contribution in [3.63, 3.8) is 0 Å². The van der Waals surface area contributed by atoms with Crippen LogP contribution in [0.5, 0.6) is 0 Å². The van der Waals surface area contributed by atoms with Gasteiger partial charge in [0.05, 0.1) is 0 Å². The first-order valence-corrected chi connectivity index (χ1v) is 9.05. The van der Waals surface area contributed by atoms with Crippen LogP contribution in [0, 0.1) is 22.2 Å². The first kappa shape index (κ1) is 18.3. The molecule has 0 radical (unpaired) electrons. The van der Waals surface area contributed by atoms with Crippen molar-refractivity contribution in [2.24, 2.45) is 22.2 Å². The van der Waals surface area contributed by atoms with E-state index in [9.17, 15) is 0 Å². The summed E-state index contributed by atoms with van der Waals surface area (Å²) in [5.74, 6) is 0.733. The topological polar surface area (TPSA) is 6.48 Å². The summed E-state index contributed by atoms with van der Waals surface area (Å²) in [5, 5.41) is 0. The highest BCUT2D eigenvalue weighted by molar-refractivity contribution is 5.12. The summed E-state index contributed by atoms with van der Waals surface area (Å²) in [6, 6.07) is 0. The maximum Gasteiger partial charge on any atom is 0.0210 e. The van der Waals surface area contributed by atoms with Crippen LogP contribution >= 0.6 is 0 Å². The molecule has 0 amide bonds. The highest BCUT2D eigenvalue weighted by Gasteiger charge is 2.59. The van der Waals surface area contributed by atoms with Crippen molar-refractivity contribution < 1.29 is 0 Å². The molecule has 2 saturated heterocycles. The third-order valence-corrected chi connectivity index (χ3v) is 9.08. The Labute approximate surface area is 139 Å². The van der Waals surface area contributed by atoms with E-state index in [2.05, 4.69) is 86.1 Å². The largest absolute Gasteiger partial charge is 0.300 e. The van der Waals surface area contributed by atoms with Crippen LogP contribution in [0.4, 0.5) is 0 Å². The molecule has 2 aliphatic rings. The maximum absolute atomic E-state index is 2.79. The van der Waals surface area contributed by atoms with Crippen molar-refractivity contribution in [2.75, 3.05) is 26.7 Å². The zero-order valence-corrected chi connectivity index (χ0v) is 17.1. The molecule has 2 heteroatoms. The molecule has 2 fully saturated rings. The molecule has 2 aliphatic heterocycles. The molecule has 1 atom stereocenters. The Bertz CT molecular complexity index is 443. The Morgan fingerprint density at radius 1 is 0.818 bits per heavy atom. The SMILES string of the molecule is CN1CC(CN2CC(C)(C)C(C)(C)C2(C)C)C(C)(C)C1(C)C. The van der Waals surface area contributed by atoms with Crippen LogP contribution in [-0.4, -0.2) is 47.6 Å². The van der Waals surface area contributed by atoms with E-state index in [-0.39, 0.29) is 11.1 Å². The molecule has 0 saturated carbocycles. The summed E-state index contributed by atoms with van der Waals surface area (Å²) in [7, 11) is 2.30. The third-order valence-electron chi connectivity index (χ3n) is 9.08. The van der Waals surface area contributed by atoms with Crippen molar-refractivity contribution in [1.29, 1.82) is 0 Å². The second-order valence-electron chi connectivity index (χ2n) is 10.8. The van der Waals surface area contributed by atoms with Crippen LogP contribution in [0.15, 0.2) is 0 Å². The van der Waals surface area contributed by atoms with Gasteiger partial charge in [0.25, 0.3) is 0 Å². The number of likely N-dealkylation sites (tertiary alicyclic amines) is 2. The highest BCUT2D eigenvalue weighted by atomic mass is 15.3. The molecular weight excluding hydrogens is 268 g/mol. The minimum absolute atomic E-state index is 0.248. The number of hydrogen-bond donors (Lipinski definition) is 0. The first-order valence-electron chi connectivity index (χ1n) is 9.05. The number of nitrogens with zero attached hydrogens (tertiary/aromatic N) is 2. The maximum atomic E-state index is 2.79. The zero-order valence-electron chi connectivity index (χ0n) is 17.1. The molecule has 0 aromatic carbocycles. The fourth-order valence-electron chi connectivity index (χ4n) is 4.72. The highest BCUT2D eigenvalue weighted by Crippen LogP contribution is 2.57. The van der Waals surface area contributed by atoms with Gasteiger partial charge in [0.15, 0.2) is 0 Å². The Balaban J connectivity index is 2.26. The second kappa shape index (κ2) is 4.72. The van der Waals surface area contributed by atoms with E-state index in [4.69, 9.17) is 0 Å². The average molecular weight is 309 g/mol. The van der Waals surface area contributed by atoms with Crippen molar-refractivity contribution in [3.8, 4) is 0 Å². The molecule has 2 rings (SSSR count). The van der Waals surface area contributed by atoms with Crippen molar-refractivity contribution in [3.05, 3.63) is 0 Å². The number of rotatable bonds is 2. The molecule has 0 spiro atoms. The standard InChI is InChI=1S/C20H40N2/c1-16(2)14-22(20(9,10)18(16,5)6)13-15-12-21(11)19(7,8)17(15,3)4/h15H,12-14H2,1-11H3. The summed E-state index contributed by atoms with van der Waals surface area (Å²) >= 11 is 0. The predicted octanol–water partition coefficient (Wildman–Crippen LogP) is 4.50. The van der Waals surface area contributed by atoms with E-state index in [1.807, 2.05) is 0 Å². The summed E-state index contributed by atoms with van der Waals surface area (Å²) in [5.41, 5.74) is 1.55. The lowest BCUT2D eigenvalue weighted by Gasteiger charge is -2.47. The molecule has 0 bridgehead atoms. The molecule has 2 nitrogen and oxygen atoms in total. The van der Waals surface area contributed by atoms with Crippen molar-refractivity contribution in [1.82, 2.24) is 9.80 Å². The van der Waals surface area contributed by atoms with Gasteiger partial charge < -0.3 is 4.90 Å². The van der Waals surface area contributed by atoms with E-state index in [0.29, 0.717) is 16.2 Å². The van der Waals surface area contributed by atoms with Crippen LogP contribution in [0.2, 0.25) is 0 Å². The smallest absolute Gasteiger partial charge is 0.0210 e. The van der Waals surface area contributed by atoms with Gasteiger partial charge in [0.1, 0.15) is 0 Å². The molecular formula is C20H40N2. The minimum atomic E-state index is 0.248. The van der Waals surface area contributed by atoms with Gasteiger partial charge in [-0.3, -0.25) is 4.90 Å². The van der Waals surface area contributed by atoms with Gasteiger partial charge in [-0.15, -0.1) is 0 Å². The van der Waals surface area contributed by atoms with E-state index in [0.717, 1.165) is 5.92 Å². The monoisotopic (exact) mass is 308 g/mol. The minimum Gasteiger partial charge on any atom is -0.300 e. The summed E-state index contributed by atoms with van der Waals surface area (Å²) in [4.78, 5) is 5.35. The lowest BCUT2D eigenvalue weighted by atomic mass is 9.62. The van der Waals surface area contributed by atoms with Crippen molar-refractivity contribution >= 4 is 0 Å². The van der Waals surface area contributed by atoms with E-state index in [1.165, 1.54) is 19.6 Å². The van der Waals surface area contributed by atoms with Crippen LogP contribution in [0.1, 0.15) is 69.2 Å². The predicted molar refractivity (Wildman–Crippen MR) is 97.2 cm³/mol. The third kappa shape index (κ3) is 2.13. The van der Waals surface area contributed by atoms with Gasteiger partial charge in [-0.25, -0.2) is 0 Å². The van der Waals surface area contributed by atoms with Gasteiger partial charge in [-0.05, 0) is 56.9 Å². The zero-order chi connectivity index (χ0) is 17.4. The Hall–Kier alpha value is -0.0800. The van der Waals surface area contributed by atoms with Gasteiger partial charge in [0.2, 0.25) is 0 Å². The average Bonchev–Trinajstić information content (AvgIpc) is 2.55. The summed E-state index contributed by atoms with van der Waals surface area (Å²) < 4.78 is 0. The Kier molecular flexibility index (Phi) is 3.92. The van der Waals surface area contributed by atoms with Crippen LogP contribution in [0.3, 0.4) is 0 Å². The lowest BCUT2D eigenvalue weighted by Crippen LogP contribution is -2.51. The quantitative estimate of drug-likeness (QED) is 0.741. The molecule has 0 aliphatic carbocycles. The fourth-order valence-corrected chi connectivity index (χ4v) is 4.72. The molecule has 0 aromatic rings. The van der Waals surface area contributed by atoms with Gasteiger partial charge >= 0.3 is 0 Å². The molecule has 22 heavy (non-hydrogen) atoms. The van der Waals surface area contributed by atoms with Gasteiger partial charge in [0, 0.05) is 30.7 Å². The van der Waals surface area contributed by atoms with Gasteiger partial charge in [-0.2, -0.15) is 0 Å². The van der Waals surface area contributed by atoms with E-state index >= 15 is 0 Å². The van der Waals surface area contributed by atoms with E-state index in [1.54, 1.807) is 0 Å². The van der Waals surface area contributed by atoms with Crippen LogP contribution < -0.4 is 0 Å². The fraction of sp³-hybridized carbons (Fsp3) is 1.00. The summed E-state index contributed by atoms with van der Waals surface area (Å²) in [6.45, 7) is 28.2. The second-order valence-corrected chi connectivity index (χ2v) is 10.8. The normalized spacial score (nSPS) is 35.9. The van der Waals surface area contributed by atoms with E-state index < -0.39 is 0 Å². The van der Waals surface area contributed by atoms with Crippen LogP contribution in [-0.2, 0) is 0 Å². The van der Waals surface area contributed by atoms with Gasteiger partial charge in [-0.1, -0.05) is 41.5 Å².